The van der Waals surface area contributed by atoms with E-state index in [-0.39, 0.29) is 63.6 Å². The van der Waals surface area contributed by atoms with E-state index < -0.39 is 23.3 Å². The summed E-state index contributed by atoms with van der Waals surface area (Å²) < 4.78 is 59.6. The second-order valence-electron chi connectivity index (χ2n) is 14.6. The average Bonchev–Trinajstić information content (AvgIpc) is 3.69. The number of nitrogens with zero attached hydrogens (tertiary/aromatic N) is 5. The number of aromatic nitrogens is 3. The summed E-state index contributed by atoms with van der Waals surface area (Å²) >= 11 is 0. The molecule has 2 aromatic heterocycles. The Hall–Kier alpha value is -4.30. The van der Waals surface area contributed by atoms with Gasteiger partial charge in [0.15, 0.2) is 5.82 Å². The van der Waals surface area contributed by atoms with Crippen LogP contribution in [0.2, 0.25) is 0 Å². The van der Waals surface area contributed by atoms with Gasteiger partial charge in [-0.1, -0.05) is 18.9 Å². The second kappa shape index (κ2) is 10.6. The summed E-state index contributed by atoms with van der Waals surface area (Å²) in [6.07, 6.45) is 11.8. The van der Waals surface area contributed by atoms with Crippen molar-refractivity contribution in [1.82, 2.24) is 19.9 Å². The molecule has 2 aromatic carbocycles. The molecule has 4 aromatic rings. The molecule has 1 N–H and O–H groups in total. The molecular weight excluding hydrogens is 619 g/mol. The lowest BCUT2D eigenvalue weighted by molar-refractivity contribution is 0.107. The number of phenolic OH excluding ortho intramolecular Hbond substituents is 1. The quantitative estimate of drug-likeness (QED) is 0.244. The fourth-order valence-electron chi connectivity index (χ4n) is 9.19. The molecular formula is C37H36F3N5O3. The number of phenols is 1. The Labute approximate surface area is 276 Å². The van der Waals surface area contributed by atoms with Gasteiger partial charge in [-0.15, -0.1) is 6.42 Å². The van der Waals surface area contributed by atoms with Gasteiger partial charge in [-0.25, -0.2) is 18.2 Å². The molecule has 0 amide bonds. The molecule has 1 aliphatic carbocycles. The van der Waals surface area contributed by atoms with Gasteiger partial charge in [0, 0.05) is 29.5 Å². The Morgan fingerprint density at radius 2 is 1.96 bits per heavy atom. The van der Waals surface area contributed by atoms with Crippen molar-refractivity contribution in [2.45, 2.75) is 81.6 Å². The number of aromatic hydroxyl groups is 1. The largest absolute Gasteiger partial charge is 0.508 e. The maximum atomic E-state index is 17.2. The molecule has 248 valence electrons. The van der Waals surface area contributed by atoms with Crippen LogP contribution < -0.4 is 14.4 Å². The van der Waals surface area contributed by atoms with Crippen molar-refractivity contribution in [3.05, 3.63) is 41.5 Å². The summed E-state index contributed by atoms with van der Waals surface area (Å²) in [5, 5.41) is 11.7. The van der Waals surface area contributed by atoms with Crippen LogP contribution in [0.15, 0.2) is 24.3 Å². The van der Waals surface area contributed by atoms with Gasteiger partial charge >= 0.3 is 6.01 Å². The van der Waals surface area contributed by atoms with E-state index in [0.717, 1.165) is 51.5 Å². The number of ether oxygens (including phenoxy) is 2. The first kappa shape index (κ1) is 29.8. The van der Waals surface area contributed by atoms with Gasteiger partial charge in [-0.3, -0.25) is 4.90 Å². The number of hydrogen-bond donors (Lipinski definition) is 1. The van der Waals surface area contributed by atoms with Crippen LogP contribution in [-0.2, 0) is 0 Å². The van der Waals surface area contributed by atoms with E-state index >= 15 is 8.78 Å². The van der Waals surface area contributed by atoms with Crippen LogP contribution in [0.3, 0.4) is 0 Å². The highest BCUT2D eigenvalue weighted by Gasteiger charge is 2.55. The summed E-state index contributed by atoms with van der Waals surface area (Å²) in [6, 6.07) is 5.46. The number of anilines is 1. The predicted molar refractivity (Wildman–Crippen MR) is 175 cm³/mol. The van der Waals surface area contributed by atoms with Gasteiger partial charge in [-0.05, 0) is 81.0 Å². The second-order valence-corrected chi connectivity index (χ2v) is 14.6. The monoisotopic (exact) mass is 655 g/mol. The lowest BCUT2D eigenvalue weighted by atomic mass is 9.95. The number of fused-ring (bicyclic) bond motifs is 5. The van der Waals surface area contributed by atoms with Crippen LogP contribution >= 0.6 is 0 Å². The average molecular weight is 656 g/mol. The fourth-order valence-corrected chi connectivity index (χ4v) is 9.19. The Balaban J connectivity index is 1.27. The van der Waals surface area contributed by atoms with Crippen LogP contribution in [0.5, 0.6) is 17.6 Å². The number of alkyl halides is 1. The van der Waals surface area contributed by atoms with Gasteiger partial charge in [0.2, 0.25) is 5.88 Å². The third-order valence-electron chi connectivity index (χ3n) is 11.5. The lowest BCUT2D eigenvalue weighted by Crippen LogP contribution is -2.47. The van der Waals surface area contributed by atoms with E-state index in [1.54, 1.807) is 0 Å². The van der Waals surface area contributed by atoms with Gasteiger partial charge in [-0.2, -0.15) is 9.97 Å². The number of pyridine rings is 1. The molecule has 1 spiro atoms. The van der Waals surface area contributed by atoms with Gasteiger partial charge in [0.25, 0.3) is 0 Å². The van der Waals surface area contributed by atoms with Crippen molar-refractivity contribution in [2.24, 2.45) is 5.92 Å². The van der Waals surface area contributed by atoms with Crippen LogP contribution in [-0.4, -0.2) is 74.6 Å². The summed E-state index contributed by atoms with van der Waals surface area (Å²) in [4.78, 5) is 18.9. The van der Waals surface area contributed by atoms with Gasteiger partial charge in [0.1, 0.15) is 53.4 Å². The van der Waals surface area contributed by atoms with E-state index in [0.29, 0.717) is 42.1 Å². The Bertz CT molecular complexity index is 2050. The van der Waals surface area contributed by atoms with E-state index in [2.05, 4.69) is 27.6 Å². The Morgan fingerprint density at radius 1 is 1.10 bits per heavy atom. The maximum Gasteiger partial charge on any atom is 0.319 e. The number of terminal acetylenes is 1. The summed E-state index contributed by atoms with van der Waals surface area (Å²) in [7, 11) is 0. The molecule has 9 rings (SSSR count). The lowest BCUT2D eigenvalue weighted by Gasteiger charge is -2.37. The minimum Gasteiger partial charge on any atom is -0.508 e. The first-order valence-electron chi connectivity index (χ1n) is 17.0. The Kier molecular flexibility index (Phi) is 6.58. The maximum absolute atomic E-state index is 17.2. The fraction of sp³-hybridized carbons (Fsp3) is 0.486. The molecule has 11 heteroatoms. The normalized spacial score (nSPS) is 27.3. The predicted octanol–water partition coefficient (Wildman–Crippen LogP) is 6.69. The van der Waals surface area contributed by atoms with Crippen molar-refractivity contribution >= 4 is 27.5 Å². The molecule has 1 saturated carbocycles. The van der Waals surface area contributed by atoms with Gasteiger partial charge < -0.3 is 19.5 Å². The van der Waals surface area contributed by atoms with Crippen molar-refractivity contribution in [2.75, 3.05) is 31.2 Å². The highest BCUT2D eigenvalue weighted by Crippen LogP contribution is 2.55. The minimum atomic E-state index is -0.925. The molecule has 2 unspecified atom stereocenters. The summed E-state index contributed by atoms with van der Waals surface area (Å²) in [6.45, 7) is 3.97. The van der Waals surface area contributed by atoms with Gasteiger partial charge in [0.05, 0.1) is 17.1 Å². The summed E-state index contributed by atoms with van der Waals surface area (Å²) in [5.41, 5.74) is -0.756. The van der Waals surface area contributed by atoms with Crippen LogP contribution in [0.1, 0.15) is 63.9 Å². The van der Waals surface area contributed by atoms with Crippen LogP contribution in [0, 0.1) is 29.9 Å². The van der Waals surface area contributed by atoms with E-state index in [1.807, 2.05) is 0 Å². The molecule has 4 fully saturated rings. The Morgan fingerprint density at radius 3 is 2.77 bits per heavy atom. The zero-order chi connectivity index (χ0) is 32.9. The molecule has 48 heavy (non-hydrogen) atoms. The van der Waals surface area contributed by atoms with Crippen LogP contribution in [0.4, 0.5) is 19.0 Å². The number of halogens is 3. The van der Waals surface area contributed by atoms with Crippen molar-refractivity contribution in [3.63, 3.8) is 0 Å². The SMILES string of the molecule is C#Cc1c(F)ccc2cc(O)cc(-c3nc4c5c(nc(OC[C@@]67CCCN6C[C@H](F)C7)nc5c3F)N3C(CCC(C)CC35CC5)CO4)c12. The minimum absolute atomic E-state index is 0.00732. The standard InChI is InChI=1S/C37H36F3N5O3/c1-3-25-27(39)8-6-21-13-24(46)14-26(28(21)25)31-30(40)32-29-33(43-35(42-32)48-19-37-9-4-12-44(37)17-22(38)16-37)45-23(18-47-34(29)41-31)7-5-20(2)15-36(45)10-11-36/h1,6,8,13-14,20,22-23,46H,4-5,7,9-12,15-19H2,2H3/t20?,22-,23?,37+/m1/s1. The topological polar surface area (TPSA) is 83.8 Å². The third kappa shape index (κ3) is 4.44. The van der Waals surface area contributed by atoms with Crippen molar-refractivity contribution in [3.8, 4) is 41.2 Å². The van der Waals surface area contributed by atoms with E-state index in [4.69, 9.17) is 25.9 Å². The molecule has 8 nitrogen and oxygen atoms in total. The van der Waals surface area contributed by atoms with Crippen LogP contribution in [0.25, 0.3) is 32.9 Å². The zero-order valence-electron chi connectivity index (χ0n) is 26.7. The number of rotatable bonds is 4. The zero-order valence-corrected chi connectivity index (χ0v) is 26.7. The molecule has 6 heterocycles. The first-order chi connectivity index (χ1) is 23.2. The highest BCUT2D eigenvalue weighted by molar-refractivity contribution is 6.04. The molecule has 4 atom stereocenters. The third-order valence-corrected chi connectivity index (χ3v) is 11.5. The molecule has 3 saturated heterocycles. The number of hydrogen-bond acceptors (Lipinski definition) is 8. The highest BCUT2D eigenvalue weighted by atomic mass is 19.1. The van der Waals surface area contributed by atoms with E-state index in [9.17, 15) is 9.50 Å². The van der Waals surface area contributed by atoms with Crippen molar-refractivity contribution < 1.29 is 27.8 Å². The first-order valence-corrected chi connectivity index (χ1v) is 17.0. The number of benzene rings is 2. The molecule has 0 bridgehead atoms. The summed E-state index contributed by atoms with van der Waals surface area (Å²) in [5.74, 6) is 2.00. The molecule has 5 aliphatic rings. The van der Waals surface area contributed by atoms with E-state index in [1.165, 1.54) is 24.3 Å². The molecule has 0 radical (unpaired) electrons. The van der Waals surface area contributed by atoms with Crippen molar-refractivity contribution in [1.29, 1.82) is 0 Å². The smallest absolute Gasteiger partial charge is 0.319 e. The molecule has 4 aliphatic heterocycles.